The molecule has 0 unspecified atom stereocenters. The van der Waals surface area contributed by atoms with Crippen molar-refractivity contribution in [3.8, 4) is 0 Å². The molecule has 2 aromatic rings. The van der Waals surface area contributed by atoms with E-state index < -0.39 is 16.0 Å². The van der Waals surface area contributed by atoms with Crippen molar-refractivity contribution >= 4 is 27.3 Å². The highest BCUT2D eigenvalue weighted by molar-refractivity contribution is 7.89. The first-order valence-corrected chi connectivity index (χ1v) is 8.29. The van der Waals surface area contributed by atoms with Gasteiger partial charge in [-0.05, 0) is 11.4 Å². The van der Waals surface area contributed by atoms with E-state index in [1.165, 1.54) is 23.8 Å². The Hall–Kier alpha value is -1.84. The van der Waals surface area contributed by atoms with Crippen LogP contribution in [0.4, 0.5) is 0 Å². The number of thiophene rings is 1. The molecule has 1 aliphatic rings. The topological polar surface area (TPSA) is 89.5 Å². The first-order chi connectivity index (χ1) is 10.0. The van der Waals surface area contributed by atoms with Gasteiger partial charge < -0.3 is 4.74 Å². The van der Waals surface area contributed by atoms with E-state index in [-0.39, 0.29) is 22.9 Å². The second kappa shape index (κ2) is 5.17. The summed E-state index contributed by atoms with van der Waals surface area (Å²) in [6, 6.07) is 1.42. The maximum Gasteiger partial charge on any atom is 0.349 e. The SMILES string of the molecule is COC(=O)c1sccc1S(=O)(=O)N1Cc2cncnc2C1. The Bertz CT molecular complexity index is 775. The lowest BCUT2D eigenvalue weighted by molar-refractivity contribution is 0.0602. The zero-order valence-electron chi connectivity index (χ0n) is 11.0. The summed E-state index contributed by atoms with van der Waals surface area (Å²) >= 11 is 1.04. The molecular weight excluding hydrogens is 314 g/mol. The molecule has 9 heteroatoms. The van der Waals surface area contributed by atoms with Gasteiger partial charge in [0, 0.05) is 18.3 Å². The molecule has 0 amide bonds. The van der Waals surface area contributed by atoms with Crippen LogP contribution in [0.1, 0.15) is 20.9 Å². The highest BCUT2D eigenvalue weighted by Gasteiger charge is 2.35. The highest BCUT2D eigenvalue weighted by atomic mass is 32.2. The van der Waals surface area contributed by atoms with Crippen LogP contribution >= 0.6 is 11.3 Å². The standard InChI is InChI=1S/C12H11N3O4S2/c1-19-12(16)11-10(2-3-20-11)21(17,18)15-5-8-4-13-7-14-9(8)6-15/h2-4,7H,5-6H2,1H3. The van der Waals surface area contributed by atoms with Crippen molar-refractivity contribution in [2.45, 2.75) is 18.0 Å². The Kier molecular flexibility index (Phi) is 3.47. The van der Waals surface area contributed by atoms with Gasteiger partial charge in [0.2, 0.25) is 10.0 Å². The molecule has 0 radical (unpaired) electrons. The van der Waals surface area contributed by atoms with Gasteiger partial charge in [0.1, 0.15) is 16.1 Å². The second-order valence-corrected chi connectivity index (χ2v) is 7.20. The summed E-state index contributed by atoms with van der Waals surface area (Å²) < 4.78 is 31.3. The number of fused-ring (bicyclic) bond motifs is 1. The Labute approximate surface area is 125 Å². The zero-order valence-corrected chi connectivity index (χ0v) is 12.6. The number of hydrogen-bond acceptors (Lipinski definition) is 7. The molecule has 0 bridgehead atoms. The summed E-state index contributed by atoms with van der Waals surface area (Å²) in [6.45, 7) is 0.381. The summed E-state index contributed by atoms with van der Waals surface area (Å²) in [4.78, 5) is 19.7. The van der Waals surface area contributed by atoms with Gasteiger partial charge in [-0.3, -0.25) is 0 Å². The predicted molar refractivity (Wildman–Crippen MR) is 74.1 cm³/mol. The Morgan fingerprint density at radius 1 is 1.43 bits per heavy atom. The minimum atomic E-state index is -3.77. The Morgan fingerprint density at radius 3 is 2.95 bits per heavy atom. The maximum absolute atomic E-state index is 12.7. The summed E-state index contributed by atoms with van der Waals surface area (Å²) in [5, 5.41) is 1.56. The Balaban J connectivity index is 1.97. The Morgan fingerprint density at radius 2 is 2.24 bits per heavy atom. The normalized spacial score (nSPS) is 14.9. The first-order valence-electron chi connectivity index (χ1n) is 5.97. The van der Waals surface area contributed by atoms with Crippen LogP contribution in [-0.4, -0.2) is 35.8 Å². The molecule has 0 aliphatic carbocycles. The number of carbonyl (C=O) groups is 1. The number of carbonyl (C=O) groups excluding carboxylic acids is 1. The van der Waals surface area contributed by atoms with Crippen molar-refractivity contribution < 1.29 is 17.9 Å². The molecule has 3 heterocycles. The zero-order chi connectivity index (χ0) is 15.0. The lowest BCUT2D eigenvalue weighted by atomic mass is 10.3. The van der Waals surface area contributed by atoms with Crippen LogP contribution in [0.3, 0.4) is 0 Å². The number of nitrogens with zero attached hydrogens (tertiary/aromatic N) is 3. The van der Waals surface area contributed by atoms with Gasteiger partial charge in [-0.25, -0.2) is 23.2 Å². The number of aromatic nitrogens is 2. The van der Waals surface area contributed by atoms with Gasteiger partial charge in [-0.1, -0.05) is 0 Å². The highest BCUT2D eigenvalue weighted by Crippen LogP contribution is 2.31. The molecule has 0 spiro atoms. The average molecular weight is 325 g/mol. The second-order valence-electron chi connectivity index (χ2n) is 4.37. The third-order valence-corrected chi connectivity index (χ3v) is 6.03. The first kappa shape index (κ1) is 14.1. The minimum Gasteiger partial charge on any atom is -0.465 e. The fourth-order valence-corrected chi connectivity index (χ4v) is 4.81. The van der Waals surface area contributed by atoms with Crippen molar-refractivity contribution in [1.82, 2.24) is 14.3 Å². The van der Waals surface area contributed by atoms with Crippen LogP contribution in [0.15, 0.2) is 28.9 Å². The minimum absolute atomic E-state index is 0.0277. The van der Waals surface area contributed by atoms with Crippen molar-refractivity contribution in [2.24, 2.45) is 0 Å². The monoisotopic (exact) mass is 325 g/mol. The quantitative estimate of drug-likeness (QED) is 0.783. The van der Waals surface area contributed by atoms with Crippen molar-refractivity contribution in [2.75, 3.05) is 7.11 Å². The molecule has 110 valence electrons. The molecule has 0 saturated carbocycles. The number of sulfonamides is 1. The molecule has 1 aliphatic heterocycles. The molecule has 0 atom stereocenters. The smallest absolute Gasteiger partial charge is 0.349 e. The van der Waals surface area contributed by atoms with Crippen LogP contribution < -0.4 is 0 Å². The molecular formula is C12H11N3O4S2. The van der Waals surface area contributed by atoms with E-state index in [4.69, 9.17) is 0 Å². The van der Waals surface area contributed by atoms with Crippen LogP contribution in [0.25, 0.3) is 0 Å². The molecule has 21 heavy (non-hydrogen) atoms. The number of rotatable bonds is 3. The third kappa shape index (κ3) is 2.33. The van der Waals surface area contributed by atoms with Gasteiger partial charge in [0.25, 0.3) is 0 Å². The van der Waals surface area contributed by atoms with Gasteiger partial charge in [0.15, 0.2) is 0 Å². The molecule has 0 aromatic carbocycles. The maximum atomic E-state index is 12.7. The molecule has 0 N–H and O–H groups in total. The molecule has 2 aromatic heterocycles. The molecule has 3 rings (SSSR count). The number of methoxy groups -OCH3 is 1. The van der Waals surface area contributed by atoms with E-state index in [0.29, 0.717) is 5.69 Å². The van der Waals surface area contributed by atoms with E-state index in [9.17, 15) is 13.2 Å². The summed E-state index contributed by atoms with van der Waals surface area (Å²) in [5.74, 6) is -0.653. The van der Waals surface area contributed by atoms with E-state index in [2.05, 4.69) is 14.7 Å². The predicted octanol–water partition coefficient (Wildman–Crippen LogP) is 1.03. The molecule has 7 nitrogen and oxygen atoms in total. The van der Waals surface area contributed by atoms with Crippen LogP contribution in [0, 0.1) is 0 Å². The lowest BCUT2D eigenvalue weighted by Crippen LogP contribution is -2.26. The third-order valence-electron chi connectivity index (χ3n) is 3.17. The fraction of sp³-hybridized carbons (Fsp3) is 0.250. The van der Waals surface area contributed by atoms with E-state index >= 15 is 0 Å². The van der Waals surface area contributed by atoms with Crippen LogP contribution in [0.2, 0.25) is 0 Å². The van der Waals surface area contributed by atoms with Gasteiger partial charge in [0.05, 0.1) is 19.3 Å². The molecule has 0 saturated heterocycles. The van der Waals surface area contributed by atoms with Crippen molar-refractivity contribution in [3.05, 3.63) is 40.1 Å². The van der Waals surface area contributed by atoms with Gasteiger partial charge in [-0.15, -0.1) is 11.3 Å². The molecule has 0 fully saturated rings. The number of hydrogen-bond donors (Lipinski definition) is 0. The van der Waals surface area contributed by atoms with Crippen molar-refractivity contribution in [1.29, 1.82) is 0 Å². The summed E-state index contributed by atoms with van der Waals surface area (Å²) in [6.07, 6.45) is 2.99. The van der Waals surface area contributed by atoms with E-state index in [1.807, 2.05) is 0 Å². The van der Waals surface area contributed by atoms with Gasteiger partial charge >= 0.3 is 5.97 Å². The van der Waals surface area contributed by atoms with Gasteiger partial charge in [-0.2, -0.15) is 4.31 Å². The number of ether oxygens (including phenoxy) is 1. The van der Waals surface area contributed by atoms with Crippen LogP contribution in [0.5, 0.6) is 0 Å². The largest absolute Gasteiger partial charge is 0.465 e. The number of esters is 1. The van der Waals surface area contributed by atoms with E-state index in [0.717, 1.165) is 16.9 Å². The van der Waals surface area contributed by atoms with Crippen molar-refractivity contribution in [3.63, 3.8) is 0 Å². The average Bonchev–Trinajstić information content (AvgIpc) is 3.13. The van der Waals surface area contributed by atoms with Crippen LogP contribution in [-0.2, 0) is 27.8 Å². The summed E-state index contributed by atoms with van der Waals surface area (Å²) in [7, 11) is -2.55. The lowest BCUT2D eigenvalue weighted by Gasteiger charge is -2.15. The van der Waals surface area contributed by atoms with E-state index in [1.54, 1.807) is 11.6 Å². The summed E-state index contributed by atoms with van der Waals surface area (Å²) in [5.41, 5.74) is 1.46. The fourth-order valence-electron chi connectivity index (χ4n) is 2.12.